The minimum absolute atomic E-state index is 0.0207. The van der Waals surface area contributed by atoms with E-state index in [-0.39, 0.29) is 10.3 Å². The van der Waals surface area contributed by atoms with E-state index in [1.807, 2.05) is 12.1 Å². The summed E-state index contributed by atoms with van der Waals surface area (Å²) in [7, 11) is -3.67. The van der Waals surface area contributed by atoms with Crippen LogP contribution in [0, 0.1) is 0 Å². The van der Waals surface area contributed by atoms with Crippen molar-refractivity contribution in [1.29, 1.82) is 0 Å². The second-order valence-corrected chi connectivity index (χ2v) is 7.30. The Kier molecular flexibility index (Phi) is 4.18. The number of rotatable bonds is 4. The zero-order valence-electron chi connectivity index (χ0n) is 12.2. The number of hydrogen-bond acceptors (Lipinski definition) is 4. The molecule has 0 unspecified atom stereocenters. The fourth-order valence-corrected chi connectivity index (χ4v) is 2.50. The van der Waals surface area contributed by atoms with Crippen molar-refractivity contribution in [3.63, 3.8) is 0 Å². The predicted molar refractivity (Wildman–Crippen MR) is 81.8 cm³/mol. The third-order valence-electron chi connectivity index (χ3n) is 2.94. The van der Waals surface area contributed by atoms with Gasteiger partial charge in [-0.05, 0) is 35.2 Å². The third-order valence-corrected chi connectivity index (χ3v) is 4.18. The van der Waals surface area contributed by atoms with E-state index in [0.717, 1.165) is 5.56 Å². The third kappa shape index (κ3) is 3.95. The molecule has 112 valence electrons. The van der Waals surface area contributed by atoms with E-state index in [0.29, 0.717) is 5.76 Å². The van der Waals surface area contributed by atoms with Gasteiger partial charge in [0, 0.05) is 0 Å². The van der Waals surface area contributed by atoms with Crippen LogP contribution in [0.15, 0.2) is 57.1 Å². The summed E-state index contributed by atoms with van der Waals surface area (Å²) in [6, 6.07) is 10.1. The van der Waals surface area contributed by atoms with E-state index in [4.69, 9.17) is 4.42 Å². The zero-order chi connectivity index (χ0) is 15.5. The van der Waals surface area contributed by atoms with Gasteiger partial charge in [0.1, 0.15) is 5.76 Å². The SMILES string of the molecule is CC(C)(C)c1ccc(S(=O)(=O)NN=Cc2ccco2)cc1. The van der Waals surface area contributed by atoms with Gasteiger partial charge in [0.2, 0.25) is 0 Å². The molecule has 0 spiro atoms. The first-order chi connectivity index (χ1) is 9.79. The Morgan fingerprint density at radius 1 is 1.14 bits per heavy atom. The highest BCUT2D eigenvalue weighted by Gasteiger charge is 2.16. The average molecular weight is 306 g/mol. The van der Waals surface area contributed by atoms with Crippen LogP contribution < -0.4 is 4.83 Å². The molecule has 0 bridgehead atoms. The zero-order valence-corrected chi connectivity index (χ0v) is 13.0. The Morgan fingerprint density at radius 3 is 2.33 bits per heavy atom. The lowest BCUT2D eigenvalue weighted by Crippen LogP contribution is -2.19. The number of sulfonamides is 1. The summed E-state index contributed by atoms with van der Waals surface area (Å²) in [5.41, 5.74) is 1.05. The topological polar surface area (TPSA) is 71.7 Å². The van der Waals surface area contributed by atoms with Crippen LogP contribution in [-0.2, 0) is 15.4 Å². The molecular formula is C15H18N2O3S. The highest BCUT2D eigenvalue weighted by atomic mass is 32.2. The normalized spacial score (nSPS) is 12.7. The van der Waals surface area contributed by atoms with Gasteiger partial charge in [-0.3, -0.25) is 0 Å². The van der Waals surface area contributed by atoms with Crippen molar-refractivity contribution in [1.82, 2.24) is 4.83 Å². The summed E-state index contributed by atoms with van der Waals surface area (Å²) in [5.74, 6) is 0.473. The second-order valence-electron chi connectivity index (χ2n) is 5.64. The van der Waals surface area contributed by atoms with E-state index in [2.05, 4.69) is 30.7 Å². The summed E-state index contributed by atoms with van der Waals surface area (Å²) >= 11 is 0. The number of hydrazone groups is 1. The summed E-state index contributed by atoms with van der Waals surface area (Å²) in [4.78, 5) is 2.33. The van der Waals surface area contributed by atoms with Crippen LogP contribution >= 0.6 is 0 Å². The van der Waals surface area contributed by atoms with Gasteiger partial charge >= 0.3 is 0 Å². The number of hydrogen-bond donors (Lipinski definition) is 1. The molecule has 6 heteroatoms. The van der Waals surface area contributed by atoms with Crippen molar-refractivity contribution in [2.75, 3.05) is 0 Å². The minimum Gasteiger partial charge on any atom is -0.463 e. The fourth-order valence-electron chi connectivity index (χ4n) is 1.71. The van der Waals surface area contributed by atoms with Gasteiger partial charge in [-0.25, -0.2) is 0 Å². The standard InChI is InChI=1S/C15H18N2O3S/c1-15(2,3)12-6-8-14(9-7-12)21(18,19)17-16-11-13-5-4-10-20-13/h4-11,17H,1-3H3. The molecule has 1 heterocycles. The van der Waals surface area contributed by atoms with Gasteiger partial charge in [0.25, 0.3) is 10.0 Å². The van der Waals surface area contributed by atoms with Crippen molar-refractivity contribution in [2.24, 2.45) is 5.10 Å². The molecule has 0 aliphatic heterocycles. The van der Waals surface area contributed by atoms with Gasteiger partial charge in [0.15, 0.2) is 0 Å². The molecule has 5 nitrogen and oxygen atoms in total. The van der Waals surface area contributed by atoms with Crippen molar-refractivity contribution in [3.8, 4) is 0 Å². The van der Waals surface area contributed by atoms with Gasteiger partial charge in [-0.15, -0.1) is 0 Å². The number of benzene rings is 1. The Labute approximate surface area is 124 Å². The first-order valence-corrected chi connectivity index (χ1v) is 7.96. The van der Waals surface area contributed by atoms with Crippen molar-refractivity contribution < 1.29 is 12.8 Å². The first kappa shape index (κ1) is 15.3. The van der Waals surface area contributed by atoms with Crippen LogP contribution in [0.4, 0.5) is 0 Å². The second kappa shape index (κ2) is 5.73. The molecule has 0 atom stereocenters. The van der Waals surface area contributed by atoms with Gasteiger partial charge in [0.05, 0.1) is 17.4 Å². The first-order valence-electron chi connectivity index (χ1n) is 6.48. The maximum atomic E-state index is 12.1. The van der Waals surface area contributed by atoms with E-state index < -0.39 is 10.0 Å². The molecule has 0 fully saturated rings. The average Bonchev–Trinajstić information content (AvgIpc) is 2.91. The predicted octanol–water partition coefficient (Wildman–Crippen LogP) is 2.89. The molecule has 0 radical (unpaired) electrons. The van der Waals surface area contributed by atoms with Crippen molar-refractivity contribution in [3.05, 3.63) is 54.0 Å². The molecule has 0 aliphatic rings. The van der Waals surface area contributed by atoms with Crippen LogP contribution in [0.25, 0.3) is 0 Å². The molecule has 2 aromatic rings. The Morgan fingerprint density at radius 2 is 1.81 bits per heavy atom. The van der Waals surface area contributed by atoms with Crippen LogP contribution in [0.1, 0.15) is 32.1 Å². The smallest absolute Gasteiger partial charge is 0.276 e. The molecule has 1 aromatic carbocycles. The summed E-state index contributed by atoms with van der Waals surface area (Å²) in [6.45, 7) is 6.22. The lowest BCUT2D eigenvalue weighted by molar-refractivity contribution is 0.559. The lowest BCUT2D eigenvalue weighted by Gasteiger charge is -2.19. The molecule has 0 amide bonds. The van der Waals surface area contributed by atoms with Crippen LogP contribution in [0.2, 0.25) is 0 Å². The molecular weight excluding hydrogens is 288 g/mol. The minimum atomic E-state index is -3.67. The van der Waals surface area contributed by atoms with E-state index in [9.17, 15) is 8.42 Å². The summed E-state index contributed by atoms with van der Waals surface area (Å²) in [6.07, 6.45) is 2.79. The molecule has 0 saturated heterocycles. The molecule has 1 aromatic heterocycles. The van der Waals surface area contributed by atoms with Gasteiger partial charge < -0.3 is 4.42 Å². The highest BCUT2D eigenvalue weighted by molar-refractivity contribution is 7.89. The molecule has 21 heavy (non-hydrogen) atoms. The van der Waals surface area contributed by atoms with E-state index >= 15 is 0 Å². The number of furan rings is 1. The molecule has 2 rings (SSSR count). The van der Waals surface area contributed by atoms with Crippen LogP contribution in [0.3, 0.4) is 0 Å². The Bertz CT molecular complexity index is 709. The Hall–Kier alpha value is -2.08. The lowest BCUT2D eigenvalue weighted by atomic mass is 9.87. The summed E-state index contributed by atoms with van der Waals surface area (Å²) < 4.78 is 29.2. The molecule has 0 saturated carbocycles. The van der Waals surface area contributed by atoms with Gasteiger partial charge in [-0.1, -0.05) is 32.9 Å². The van der Waals surface area contributed by atoms with Crippen molar-refractivity contribution in [2.45, 2.75) is 31.1 Å². The molecule has 1 N–H and O–H groups in total. The molecule has 0 aliphatic carbocycles. The maximum Gasteiger partial charge on any atom is 0.276 e. The van der Waals surface area contributed by atoms with Crippen molar-refractivity contribution >= 4 is 16.2 Å². The van der Waals surface area contributed by atoms with Crippen LogP contribution in [0.5, 0.6) is 0 Å². The fraction of sp³-hybridized carbons (Fsp3) is 0.267. The Balaban J connectivity index is 2.12. The van der Waals surface area contributed by atoms with Crippen LogP contribution in [-0.4, -0.2) is 14.6 Å². The van der Waals surface area contributed by atoms with E-state index in [1.54, 1.807) is 24.3 Å². The maximum absolute atomic E-state index is 12.1. The highest BCUT2D eigenvalue weighted by Crippen LogP contribution is 2.23. The largest absolute Gasteiger partial charge is 0.463 e. The summed E-state index contributed by atoms with van der Waals surface area (Å²) in [5, 5.41) is 3.68. The van der Waals surface area contributed by atoms with Gasteiger partial charge in [-0.2, -0.15) is 18.4 Å². The number of nitrogens with zero attached hydrogens (tertiary/aromatic N) is 1. The van der Waals surface area contributed by atoms with E-state index in [1.165, 1.54) is 12.5 Å². The number of nitrogens with one attached hydrogen (secondary N) is 1. The monoisotopic (exact) mass is 306 g/mol. The quantitative estimate of drug-likeness (QED) is 0.697.